The van der Waals surface area contributed by atoms with Gasteiger partial charge in [-0.05, 0) is 48.9 Å². The van der Waals surface area contributed by atoms with Crippen LogP contribution in [0.4, 0.5) is 10.1 Å². The summed E-state index contributed by atoms with van der Waals surface area (Å²) in [6, 6.07) is 12.0. The van der Waals surface area contributed by atoms with Crippen molar-refractivity contribution in [3.8, 4) is 0 Å². The summed E-state index contributed by atoms with van der Waals surface area (Å²) in [7, 11) is 0. The molecule has 3 amide bonds. The van der Waals surface area contributed by atoms with E-state index in [-0.39, 0.29) is 30.0 Å². The van der Waals surface area contributed by atoms with Gasteiger partial charge in [0.05, 0.1) is 12.6 Å². The predicted octanol–water partition coefficient (Wildman–Crippen LogP) is 2.78. The zero-order valence-electron chi connectivity index (χ0n) is 15.2. The smallest absolute Gasteiger partial charge is 0.251 e. The fraction of sp³-hybridized carbons (Fsp3) is 0.250. The van der Waals surface area contributed by atoms with Crippen LogP contribution in [0.1, 0.15) is 42.2 Å². The van der Waals surface area contributed by atoms with E-state index in [4.69, 9.17) is 0 Å². The molecule has 0 saturated carbocycles. The minimum atomic E-state index is -0.450. The first kappa shape index (κ1) is 20.1. The average molecular weight is 371 g/mol. The molecule has 0 saturated heterocycles. The summed E-state index contributed by atoms with van der Waals surface area (Å²) >= 11 is 0. The summed E-state index contributed by atoms with van der Waals surface area (Å²) in [5.41, 5.74) is 1.83. The maximum atomic E-state index is 12.9. The van der Waals surface area contributed by atoms with Crippen molar-refractivity contribution in [1.29, 1.82) is 0 Å². The second kappa shape index (κ2) is 9.47. The second-order valence-corrected chi connectivity index (χ2v) is 6.00. The van der Waals surface area contributed by atoms with Crippen LogP contribution >= 0.6 is 0 Å². The normalized spacial score (nSPS) is 11.4. The first-order chi connectivity index (χ1) is 12.9. The summed E-state index contributed by atoms with van der Waals surface area (Å²) < 4.78 is 12.9. The lowest BCUT2D eigenvalue weighted by molar-refractivity contribution is -0.120. The molecule has 0 spiro atoms. The van der Waals surface area contributed by atoms with Gasteiger partial charge in [0.15, 0.2) is 0 Å². The van der Waals surface area contributed by atoms with E-state index in [9.17, 15) is 18.8 Å². The first-order valence-corrected chi connectivity index (χ1v) is 8.62. The summed E-state index contributed by atoms with van der Waals surface area (Å²) in [5.74, 6) is -1.30. The van der Waals surface area contributed by atoms with Crippen molar-refractivity contribution in [3.63, 3.8) is 0 Å². The topological polar surface area (TPSA) is 87.3 Å². The minimum Gasteiger partial charge on any atom is -0.348 e. The molecule has 1 atom stereocenters. The van der Waals surface area contributed by atoms with Crippen LogP contribution in [0.3, 0.4) is 0 Å². The molecule has 2 aromatic carbocycles. The molecule has 0 aliphatic carbocycles. The molecule has 0 bridgehead atoms. The second-order valence-electron chi connectivity index (χ2n) is 6.00. The Morgan fingerprint density at radius 3 is 2.19 bits per heavy atom. The van der Waals surface area contributed by atoms with Crippen LogP contribution < -0.4 is 16.0 Å². The number of nitrogens with one attached hydrogen (secondary N) is 3. The van der Waals surface area contributed by atoms with Gasteiger partial charge in [-0.25, -0.2) is 4.39 Å². The summed E-state index contributed by atoms with van der Waals surface area (Å²) in [5, 5.41) is 8.03. The van der Waals surface area contributed by atoms with E-state index in [1.165, 1.54) is 24.3 Å². The van der Waals surface area contributed by atoms with Crippen molar-refractivity contribution in [2.24, 2.45) is 0 Å². The molecule has 0 aliphatic rings. The van der Waals surface area contributed by atoms with Gasteiger partial charge in [-0.15, -0.1) is 0 Å². The molecule has 7 heteroatoms. The molecule has 3 N–H and O–H groups in total. The standard InChI is InChI=1S/C20H22FN3O3/c1-3-18(25)24-17-10-6-14(7-11-17)13(2)23-19(26)12-22-20(27)15-4-8-16(21)9-5-15/h4-11,13H,3,12H2,1-2H3,(H,22,27)(H,23,26)(H,24,25). The lowest BCUT2D eigenvalue weighted by Crippen LogP contribution is -2.38. The van der Waals surface area contributed by atoms with Gasteiger partial charge in [0.1, 0.15) is 5.82 Å². The maximum Gasteiger partial charge on any atom is 0.251 e. The number of anilines is 1. The van der Waals surface area contributed by atoms with E-state index >= 15 is 0 Å². The number of rotatable bonds is 7. The number of halogens is 1. The fourth-order valence-electron chi connectivity index (χ4n) is 2.34. The Hall–Kier alpha value is -3.22. The Morgan fingerprint density at radius 1 is 0.963 bits per heavy atom. The highest BCUT2D eigenvalue weighted by atomic mass is 19.1. The Labute approximate surface area is 157 Å². The van der Waals surface area contributed by atoms with Crippen LogP contribution in [0.5, 0.6) is 0 Å². The number of amides is 3. The molecule has 0 heterocycles. The van der Waals surface area contributed by atoms with Gasteiger partial charge in [-0.2, -0.15) is 0 Å². The SMILES string of the molecule is CCC(=O)Nc1ccc(C(C)NC(=O)CNC(=O)c2ccc(F)cc2)cc1. The van der Waals surface area contributed by atoms with Gasteiger partial charge in [0, 0.05) is 17.7 Å². The van der Waals surface area contributed by atoms with E-state index in [2.05, 4.69) is 16.0 Å². The van der Waals surface area contributed by atoms with Crippen LogP contribution in [0, 0.1) is 5.82 Å². The molecule has 0 aromatic heterocycles. The van der Waals surface area contributed by atoms with Gasteiger partial charge < -0.3 is 16.0 Å². The van der Waals surface area contributed by atoms with Crippen LogP contribution in [-0.2, 0) is 9.59 Å². The van der Waals surface area contributed by atoms with Crippen molar-refractivity contribution >= 4 is 23.4 Å². The van der Waals surface area contributed by atoms with E-state index in [1.54, 1.807) is 19.1 Å². The number of hydrogen-bond donors (Lipinski definition) is 3. The zero-order chi connectivity index (χ0) is 19.8. The van der Waals surface area contributed by atoms with Gasteiger partial charge in [-0.1, -0.05) is 19.1 Å². The van der Waals surface area contributed by atoms with Gasteiger partial charge >= 0.3 is 0 Å². The summed E-state index contributed by atoms with van der Waals surface area (Å²) in [4.78, 5) is 35.3. The minimum absolute atomic E-state index is 0.0685. The lowest BCUT2D eigenvalue weighted by atomic mass is 10.1. The van der Waals surface area contributed by atoms with Crippen LogP contribution in [0.15, 0.2) is 48.5 Å². The van der Waals surface area contributed by atoms with Crippen molar-refractivity contribution in [3.05, 3.63) is 65.5 Å². The maximum absolute atomic E-state index is 12.9. The van der Waals surface area contributed by atoms with E-state index in [1.807, 2.05) is 19.1 Å². The highest BCUT2D eigenvalue weighted by Crippen LogP contribution is 2.16. The number of hydrogen-bond acceptors (Lipinski definition) is 3. The third kappa shape index (κ3) is 6.22. The molecule has 0 radical (unpaired) electrons. The van der Waals surface area contributed by atoms with Crippen molar-refractivity contribution < 1.29 is 18.8 Å². The molecular formula is C20H22FN3O3. The number of benzene rings is 2. The van der Waals surface area contributed by atoms with Gasteiger partial charge in [0.2, 0.25) is 11.8 Å². The molecule has 27 heavy (non-hydrogen) atoms. The fourth-order valence-corrected chi connectivity index (χ4v) is 2.34. The third-order valence-corrected chi connectivity index (χ3v) is 3.91. The third-order valence-electron chi connectivity index (χ3n) is 3.91. The molecule has 2 rings (SSSR count). The zero-order valence-corrected chi connectivity index (χ0v) is 15.2. The average Bonchev–Trinajstić information content (AvgIpc) is 2.67. The van der Waals surface area contributed by atoms with E-state index in [0.717, 1.165) is 5.56 Å². The Kier molecular flexibility index (Phi) is 7.05. The summed E-state index contributed by atoms with van der Waals surface area (Å²) in [6.07, 6.45) is 0.401. The van der Waals surface area contributed by atoms with Crippen LogP contribution in [-0.4, -0.2) is 24.3 Å². The summed E-state index contributed by atoms with van der Waals surface area (Å²) in [6.45, 7) is 3.40. The highest BCUT2D eigenvalue weighted by Gasteiger charge is 2.12. The monoisotopic (exact) mass is 371 g/mol. The first-order valence-electron chi connectivity index (χ1n) is 8.62. The van der Waals surface area contributed by atoms with Gasteiger partial charge in [0.25, 0.3) is 5.91 Å². The Bertz CT molecular complexity index is 804. The quantitative estimate of drug-likeness (QED) is 0.699. The molecule has 142 valence electrons. The number of carbonyl (C=O) groups excluding carboxylic acids is 3. The van der Waals surface area contributed by atoms with Crippen molar-refractivity contribution in [2.45, 2.75) is 26.3 Å². The molecule has 0 aliphatic heterocycles. The molecule has 1 unspecified atom stereocenters. The van der Waals surface area contributed by atoms with Crippen LogP contribution in [0.2, 0.25) is 0 Å². The number of carbonyl (C=O) groups is 3. The van der Waals surface area contributed by atoms with Crippen LogP contribution in [0.25, 0.3) is 0 Å². The van der Waals surface area contributed by atoms with E-state index < -0.39 is 11.7 Å². The molecular weight excluding hydrogens is 349 g/mol. The van der Waals surface area contributed by atoms with E-state index in [0.29, 0.717) is 12.1 Å². The molecule has 6 nitrogen and oxygen atoms in total. The predicted molar refractivity (Wildman–Crippen MR) is 101 cm³/mol. The van der Waals surface area contributed by atoms with Crippen molar-refractivity contribution in [1.82, 2.24) is 10.6 Å². The van der Waals surface area contributed by atoms with Gasteiger partial charge in [-0.3, -0.25) is 14.4 Å². The highest BCUT2D eigenvalue weighted by molar-refractivity contribution is 5.96. The lowest BCUT2D eigenvalue weighted by Gasteiger charge is -2.15. The molecule has 0 fully saturated rings. The Morgan fingerprint density at radius 2 is 1.59 bits per heavy atom. The van der Waals surface area contributed by atoms with Crippen molar-refractivity contribution in [2.75, 3.05) is 11.9 Å². The largest absolute Gasteiger partial charge is 0.348 e. The Balaban J connectivity index is 1.83. The molecule has 2 aromatic rings.